The van der Waals surface area contributed by atoms with Crippen LogP contribution in [0, 0.1) is 6.07 Å². The van der Waals surface area contributed by atoms with Gasteiger partial charge in [-0.1, -0.05) is 109 Å². The van der Waals surface area contributed by atoms with Crippen molar-refractivity contribution in [1.29, 1.82) is 0 Å². The van der Waals surface area contributed by atoms with Gasteiger partial charge in [0, 0.05) is 11.8 Å². The highest BCUT2D eigenvalue weighted by Gasteiger charge is 2.36. The summed E-state index contributed by atoms with van der Waals surface area (Å²) in [6.45, 7) is 0. The van der Waals surface area contributed by atoms with Crippen molar-refractivity contribution in [1.82, 2.24) is 0 Å². The molecule has 1 heteroatoms. The molecule has 0 spiro atoms. The molecule has 0 aliphatic heterocycles. The van der Waals surface area contributed by atoms with Crippen LogP contribution in [-0.4, -0.2) is 0 Å². The molecule has 0 aromatic heterocycles. The van der Waals surface area contributed by atoms with E-state index in [1.165, 1.54) is 16.7 Å². The van der Waals surface area contributed by atoms with Crippen molar-refractivity contribution in [2.75, 3.05) is 5.32 Å². The highest BCUT2D eigenvalue weighted by molar-refractivity contribution is 5.59. The van der Waals surface area contributed by atoms with Crippen LogP contribution < -0.4 is 5.32 Å². The lowest BCUT2D eigenvalue weighted by Gasteiger charge is -2.37. The summed E-state index contributed by atoms with van der Waals surface area (Å²) in [7, 11) is 0. The van der Waals surface area contributed by atoms with Gasteiger partial charge in [0.1, 0.15) is 5.54 Å². The third kappa shape index (κ3) is 3.00. The van der Waals surface area contributed by atoms with Crippen molar-refractivity contribution in [3.63, 3.8) is 0 Å². The Kier molecular flexibility index (Phi) is 4.53. The molecule has 0 saturated heterocycles. The summed E-state index contributed by atoms with van der Waals surface area (Å²) < 4.78 is 0. The minimum Gasteiger partial charge on any atom is -0.367 e. The van der Waals surface area contributed by atoms with Gasteiger partial charge in [-0.2, -0.15) is 0 Å². The van der Waals surface area contributed by atoms with Gasteiger partial charge < -0.3 is 5.32 Å². The predicted molar refractivity (Wildman–Crippen MR) is 108 cm³/mol. The van der Waals surface area contributed by atoms with E-state index in [0.29, 0.717) is 0 Å². The Balaban J connectivity index is 2.00. The Hall–Kier alpha value is -3.32. The second-order valence-corrected chi connectivity index (χ2v) is 6.25. The van der Waals surface area contributed by atoms with Gasteiger partial charge in [-0.25, -0.2) is 0 Å². The van der Waals surface area contributed by atoms with E-state index in [0.717, 1.165) is 5.69 Å². The average molecular weight is 334 g/mol. The van der Waals surface area contributed by atoms with Crippen LogP contribution in [0.25, 0.3) is 0 Å². The quantitative estimate of drug-likeness (QED) is 0.449. The highest BCUT2D eigenvalue weighted by Crippen LogP contribution is 2.39. The number of para-hydroxylation sites is 1. The molecule has 0 fully saturated rings. The molecule has 26 heavy (non-hydrogen) atoms. The molecule has 4 rings (SSSR count). The molecule has 0 unspecified atom stereocenters. The number of benzene rings is 4. The Bertz CT molecular complexity index is 836. The monoisotopic (exact) mass is 334 g/mol. The predicted octanol–water partition coefficient (Wildman–Crippen LogP) is 5.89. The van der Waals surface area contributed by atoms with Crippen molar-refractivity contribution in [3.05, 3.63) is 138 Å². The standard InChI is InChI=1S/C25H20N/c1-5-13-21(14-6-1)25(22-15-7-2-8-16-22,23-17-9-3-10-18-23)26-24-19-11-4-12-20-24/h1-19,26H. The van der Waals surface area contributed by atoms with Crippen LogP contribution in [0.2, 0.25) is 0 Å². The second-order valence-electron chi connectivity index (χ2n) is 6.25. The Labute approximate surface area is 155 Å². The first-order chi connectivity index (χ1) is 12.9. The van der Waals surface area contributed by atoms with Crippen molar-refractivity contribution < 1.29 is 0 Å². The zero-order valence-electron chi connectivity index (χ0n) is 14.5. The summed E-state index contributed by atoms with van der Waals surface area (Å²) in [4.78, 5) is 0. The summed E-state index contributed by atoms with van der Waals surface area (Å²) in [5, 5.41) is 3.79. The molecule has 0 amide bonds. The van der Waals surface area contributed by atoms with Crippen LogP contribution in [-0.2, 0) is 5.54 Å². The van der Waals surface area contributed by atoms with Crippen molar-refractivity contribution in [3.8, 4) is 0 Å². The molecule has 4 aromatic carbocycles. The van der Waals surface area contributed by atoms with E-state index in [1.807, 2.05) is 18.2 Å². The molecule has 0 bridgehead atoms. The van der Waals surface area contributed by atoms with Crippen LogP contribution >= 0.6 is 0 Å². The lowest BCUT2D eigenvalue weighted by atomic mass is 9.77. The first kappa shape index (κ1) is 16.2. The number of anilines is 1. The van der Waals surface area contributed by atoms with Crippen LogP contribution in [0.1, 0.15) is 16.7 Å². The Morgan fingerprint density at radius 3 is 1.31 bits per heavy atom. The zero-order chi connectivity index (χ0) is 17.7. The van der Waals surface area contributed by atoms with Gasteiger partial charge >= 0.3 is 0 Å². The zero-order valence-corrected chi connectivity index (χ0v) is 14.5. The van der Waals surface area contributed by atoms with E-state index >= 15 is 0 Å². The van der Waals surface area contributed by atoms with Gasteiger partial charge in [-0.05, 0) is 22.8 Å². The summed E-state index contributed by atoms with van der Waals surface area (Å²) in [6, 6.07) is 43.1. The maximum Gasteiger partial charge on any atom is 0.114 e. The lowest BCUT2D eigenvalue weighted by Crippen LogP contribution is -2.38. The fourth-order valence-electron chi connectivity index (χ4n) is 3.45. The topological polar surface area (TPSA) is 12.0 Å². The molecule has 0 heterocycles. The van der Waals surface area contributed by atoms with Crippen molar-refractivity contribution >= 4 is 5.69 Å². The molecule has 125 valence electrons. The van der Waals surface area contributed by atoms with Crippen LogP contribution in [0.3, 0.4) is 0 Å². The average Bonchev–Trinajstić information content (AvgIpc) is 2.75. The smallest absolute Gasteiger partial charge is 0.114 e. The maximum atomic E-state index is 3.79. The SMILES string of the molecule is [c]1ccccc1NC(c1ccccc1)(c1ccccc1)c1ccccc1. The highest BCUT2D eigenvalue weighted by atomic mass is 15.0. The van der Waals surface area contributed by atoms with E-state index in [4.69, 9.17) is 0 Å². The van der Waals surface area contributed by atoms with Crippen molar-refractivity contribution in [2.24, 2.45) is 0 Å². The van der Waals surface area contributed by atoms with E-state index in [1.54, 1.807) is 0 Å². The number of hydrogen-bond acceptors (Lipinski definition) is 1. The Morgan fingerprint density at radius 2 is 0.923 bits per heavy atom. The van der Waals surface area contributed by atoms with Crippen LogP contribution in [0.5, 0.6) is 0 Å². The fourth-order valence-corrected chi connectivity index (χ4v) is 3.45. The van der Waals surface area contributed by atoms with Gasteiger partial charge in [-0.3, -0.25) is 0 Å². The van der Waals surface area contributed by atoms with E-state index in [9.17, 15) is 0 Å². The van der Waals surface area contributed by atoms with Gasteiger partial charge in [0.05, 0.1) is 0 Å². The Morgan fingerprint density at radius 1 is 0.500 bits per heavy atom. The number of nitrogens with one attached hydrogen (secondary N) is 1. The third-order valence-corrected chi connectivity index (χ3v) is 4.65. The minimum atomic E-state index is -0.498. The van der Waals surface area contributed by atoms with Crippen molar-refractivity contribution in [2.45, 2.75) is 5.54 Å². The molecule has 0 aliphatic rings. The molecule has 1 nitrogen and oxygen atoms in total. The minimum absolute atomic E-state index is 0.498. The van der Waals surface area contributed by atoms with Crippen LogP contribution in [0.4, 0.5) is 5.69 Å². The van der Waals surface area contributed by atoms with Gasteiger partial charge in [0.15, 0.2) is 0 Å². The summed E-state index contributed by atoms with van der Waals surface area (Å²) >= 11 is 0. The van der Waals surface area contributed by atoms with Gasteiger partial charge in [0.2, 0.25) is 0 Å². The maximum absolute atomic E-state index is 3.79. The normalized spacial score (nSPS) is 11.1. The van der Waals surface area contributed by atoms with Gasteiger partial charge in [-0.15, -0.1) is 0 Å². The lowest BCUT2D eigenvalue weighted by molar-refractivity contribution is 0.711. The van der Waals surface area contributed by atoms with E-state index in [-0.39, 0.29) is 0 Å². The molecule has 0 atom stereocenters. The summed E-state index contributed by atoms with van der Waals surface area (Å²) in [6.07, 6.45) is 0. The molecule has 0 aliphatic carbocycles. The first-order valence-electron chi connectivity index (χ1n) is 8.81. The molecule has 0 saturated carbocycles. The molecule has 1 N–H and O–H groups in total. The molecule has 4 aromatic rings. The van der Waals surface area contributed by atoms with Crippen LogP contribution in [0.15, 0.2) is 115 Å². The fraction of sp³-hybridized carbons (Fsp3) is 0.0400. The first-order valence-corrected chi connectivity index (χ1v) is 8.81. The second kappa shape index (κ2) is 7.28. The van der Waals surface area contributed by atoms with E-state index in [2.05, 4.69) is 108 Å². The summed E-state index contributed by atoms with van der Waals surface area (Å²) in [5.74, 6) is 0. The van der Waals surface area contributed by atoms with Gasteiger partial charge in [0.25, 0.3) is 0 Å². The largest absolute Gasteiger partial charge is 0.367 e. The molecular weight excluding hydrogens is 314 g/mol. The number of hydrogen-bond donors (Lipinski definition) is 1. The third-order valence-electron chi connectivity index (χ3n) is 4.65. The molecular formula is C25H20N. The van der Waals surface area contributed by atoms with E-state index < -0.39 is 5.54 Å². The number of rotatable bonds is 5. The molecule has 1 radical (unpaired) electrons. The summed E-state index contributed by atoms with van der Waals surface area (Å²) in [5.41, 5.74) is 4.03.